The third-order valence-corrected chi connectivity index (χ3v) is 5.34. The van der Waals surface area contributed by atoms with E-state index in [9.17, 15) is 15.0 Å². The molecule has 8 heteroatoms. The van der Waals surface area contributed by atoms with Crippen LogP contribution in [0.15, 0.2) is 0 Å². The molecule has 0 saturated carbocycles. The molecule has 0 rings (SSSR count). The van der Waals surface area contributed by atoms with E-state index in [1.807, 2.05) is 0 Å². The number of aliphatic hydroxyl groups is 4. The van der Waals surface area contributed by atoms with Crippen LogP contribution in [0.4, 0.5) is 0 Å². The zero-order chi connectivity index (χ0) is 24.1. The first kappa shape index (κ1) is 31.2. The van der Waals surface area contributed by atoms with Crippen LogP contribution in [-0.2, 0) is 19.0 Å². The quantitative estimate of drug-likeness (QED) is 0.103. The van der Waals surface area contributed by atoms with Crippen LogP contribution in [0, 0.1) is 0 Å². The number of hydrogen-bond donors (Lipinski definition) is 4. The maximum atomic E-state index is 13.0. The lowest BCUT2D eigenvalue weighted by molar-refractivity contribution is -0.265. The van der Waals surface area contributed by atoms with Gasteiger partial charge in [-0.2, -0.15) is 0 Å². The van der Waals surface area contributed by atoms with Gasteiger partial charge in [0.15, 0.2) is 0 Å². The molecule has 0 bridgehead atoms. The highest BCUT2D eigenvalue weighted by atomic mass is 16.7. The lowest BCUT2D eigenvalue weighted by Gasteiger charge is -2.33. The number of esters is 1. The van der Waals surface area contributed by atoms with E-state index < -0.39 is 37.2 Å². The molecule has 4 N–H and O–H groups in total. The number of unbranched alkanes of at least 4 members (excludes halogenated alkanes) is 10. The van der Waals surface area contributed by atoms with Crippen molar-refractivity contribution < 1.29 is 39.4 Å². The Kier molecular flexibility index (Phi) is 20.3. The van der Waals surface area contributed by atoms with Gasteiger partial charge >= 0.3 is 5.97 Å². The van der Waals surface area contributed by atoms with E-state index in [1.54, 1.807) is 0 Å². The Balaban J connectivity index is 5.04. The molecule has 2 unspecified atom stereocenters. The van der Waals surface area contributed by atoms with E-state index in [2.05, 4.69) is 13.8 Å². The zero-order valence-electron chi connectivity index (χ0n) is 20.3. The van der Waals surface area contributed by atoms with Gasteiger partial charge in [0.1, 0.15) is 12.2 Å². The Hall–Kier alpha value is -0.770. The fourth-order valence-electron chi connectivity index (χ4n) is 3.27. The number of carbonyl (C=O) groups is 1. The molecule has 8 nitrogen and oxygen atoms in total. The number of aliphatic hydroxyl groups excluding tert-OH is 4. The van der Waals surface area contributed by atoms with Crippen molar-refractivity contribution in [1.82, 2.24) is 0 Å². The summed E-state index contributed by atoms with van der Waals surface area (Å²) < 4.78 is 16.8. The molecule has 0 radical (unpaired) electrons. The summed E-state index contributed by atoms with van der Waals surface area (Å²) in [5, 5.41) is 37.7. The highest BCUT2D eigenvalue weighted by Crippen LogP contribution is 2.26. The van der Waals surface area contributed by atoms with Gasteiger partial charge < -0.3 is 34.6 Å². The normalized spacial score (nSPS) is 15.3. The summed E-state index contributed by atoms with van der Waals surface area (Å²) in [6.07, 6.45) is 10.1. The maximum absolute atomic E-state index is 13.0. The Morgan fingerprint density at radius 3 is 1.62 bits per heavy atom. The first-order valence-corrected chi connectivity index (χ1v) is 12.5. The minimum Gasteiger partial charge on any atom is -0.462 e. The minimum atomic E-state index is -1.79. The predicted molar refractivity (Wildman–Crippen MR) is 123 cm³/mol. The minimum absolute atomic E-state index is 0.200. The molecule has 0 saturated heterocycles. The molecule has 0 amide bonds. The van der Waals surface area contributed by atoms with Gasteiger partial charge in [-0.15, -0.1) is 0 Å². The van der Waals surface area contributed by atoms with Crippen molar-refractivity contribution in [2.24, 2.45) is 0 Å². The predicted octanol–water partition coefficient (Wildman–Crippen LogP) is 3.08. The van der Waals surface area contributed by atoms with Crippen molar-refractivity contribution in [3.63, 3.8) is 0 Å². The third-order valence-electron chi connectivity index (χ3n) is 5.34. The maximum Gasteiger partial charge on any atom is 0.366 e. The molecule has 0 aliphatic rings. The standard InChI is InChI=1S/C24H48O8/c1-3-5-7-9-10-11-13-15-24(31-19-21(27)17-25,32-20-22(28)18-26)23(29)30-16-14-12-8-6-4-2/h21-22,25-28H,3-20H2,1-2H3. The second kappa shape index (κ2) is 20.8. The second-order valence-corrected chi connectivity index (χ2v) is 8.47. The van der Waals surface area contributed by atoms with Crippen LogP contribution in [0.2, 0.25) is 0 Å². The summed E-state index contributed by atoms with van der Waals surface area (Å²) in [7, 11) is 0. The van der Waals surface area contributed by atoms with Crippen LogP contribution >= 0.6 is 0 Å². The molecule has 0 aliphatic heterocycles. The number of hydrogen-bond acceptors (Lipinski definition) is 8. The summed E-state index contributed by atoms with van der Waals surface area (Å²) in [6.45, 7) is 2.88. The second-order valence-electron chi connectivity index (χ2n) is 8.47. The molecule has 192 valence electrons. The first-order valence-electron chi connectivity index (χ1n) is 12.5. The summed E-state index contributed by atoms with van der Waals surface area (Å²) in [5.41, 5.74) is 0. The van der Waals surface area contributed by atoms with Crippen molar-refractivity contribution in [3.05, 3.63) is 0 Å². The highest BCUT2D eigenvalue weighted by molar-refractivity contribution is 5.77. The summed E-state index contributed by atoms with van der Waals surface area (Å²) >= 11 is 0. The van der Waals surface area contributed by atoms with Crippen molar-refractivity contribution in [3.8, 4) is 0 Å². The van der Waals surface area contributed by atoms with Crippen molar-refractivity contribution in [2.45, 2.75) is 115 Å². The molecule has 32 heavy (non-hydrogen) atoms. The molecule has 0 aromatic carbocycles. The molecular formula is C24H48O8. The van der Waals surface area contributed by atoms with Gasteiger partial charge in [0.05, 0.1) is 33.0 Å². The molecule has 0 heterocycles. The molecular weight excluding hydrogens is 416 g/mol. The van der Waals surface area contributed by atoms with E-state index >= 15 is 0 Å². The fourth-order valence-corrected chi connectivity index (χ4v) is 3.27. The first-order chi connectivity index (χ1) is 15.5. The third kappa shape index (κ3) is 15.1. The van der Waals surface area contributed by atoms with Crippen LogP contribution in [0.5, 0.6) is 0 Å². The van der Waals surface area contributed by atoms with Crippen LogP contribution in [-0.4, -0.2) is 77.4 Å². The van der Waals surface area contributed by atoms with E-state index in [0.29, 0.717) is 6.42 Å². The fraction of sp³-hybridized carbons (Fsp3) is 0.958. The molecule has 0 aliphatic carbocycles. The van der Waals surface area contributed by atoms with Gasteiger partial charge in [0.2, 0.25) is 0 Å². The van der Waals surface area contributed by atoms with Crippen molar-refractivity contribution >= 4 is 5.97 Å². The van der Waals surface area contributed by atoms with Gasteiger partial charge in [-0.25, -0.2) is 4.79 Å². The molecule has 0 aromatic heterocycles. The molecule has 0 spiro atoms. The largest absolute Gasteiger partial charge is 0.462 e. The van der Waals surface area contributed by atoms with Gasteiger partial charge in [-0.05, 0) is 12.8 Å². The number of rotatable bonds is 23. The zero-order valence-corrected chi connectivity index (χ0v) is 20.3. The lowest BCUT2D eigenvalue weighted by Crippen LogP contribution is -2.49. The molecule has 2 atom stereocenters. The molecule has 0 fully saturated rings. The summed E-state index contributed by atoms with van der Waals surface area (Å²) in [4.78, 5) is 13.0. The van der Waals surface area contributed by atoms with Gasteiger partial charge in [0, 0.05) is 6.42 Å². The summed E-state index contributed by atoms with van der Waals surface area (Å²) in [6, 6.07) is 0. The van der Waals surface area contributed by atoms with Gasteiger partial charge in [0.25, 0.3) is 5.79 Å². The van der Waals surface area contributed by atoms with Crippen molar-refractivity contribution in [2.75, 3.05) is 33.0 Å². The lowest BCUT2D eigenvalue weighted by atomic mass is 10.0. The summed E-state index contributed by atoms with van der Waals surface area (Å²) in [5.74, 6) is -2.49. The number of ether oxygens (including phenoxy) is 3. The van der Waals surface area contributed by atoms with E-state index in [-0.39, 0.29) is 26.2 Å². The topological polar surface area (TPSA) is 126 Å². The Morgan fingerprint density at radius 1 is 0.719 bits per heavy atom. The Bertz CT molecular complexity index is 418. The monoisotopic (exact) mass is 464 g/mol. The van der Waals surface area contributed by atoms with Gasteiger partial charge in [-0.3, -0.25) is 0 Å². The van der Waals surface area contributed by atoms with Crippen LogP contribution in [0.3, 0.4) is 0 Å². The molecule has 0 aromatic rings. The SMILES string of the molecule is CCCCCCCCCC(OCC(O)CO)(OCC(O)CO)C(=O)OCCCCCCC. The van der Waals surface area contributed by atoms with E-state index in [0.717, 1.165) is 51.4 Å². The van der Waals surface area contributed by atoms with Crippen LogP contribution < -0.4 is 0 Å². The Labute approximate surface area is 194 Å². The average molecular weight is 465 g/mol. The highest BCUT2D eigenvalue weighted by Gasteiger charge is 2.43. The van der Waals surface area contributed by atoms with Gasteiger partial charge in [-0.1, -0.05) is 78.1 Å². The van der Waals surface area contributed by atoms with E-state index in [1.165, 1.54) is 19.3 Å². The van der Waals surface area contributed by atoms with Crippen LogP contribution in [0.25, 0.3) is 0 Å². The Morgan fingerprint density at radius 2 is 1.16 bits per heavy atom. The van der Waals surface area contributed by atoms with E-state index in [4.69, 9.17) is 24.4 Å². The van der Waals surface area contributed by atoms with Crippen LogP contribution in [0.1, 0.15) is 97.3 Å². The average Bonchev–Trinajstić information content (AvgIpc) is 2.81. The smallest absolute Gasteiger partial charge is 0.366 e. The number of carbonyl (C=O) groups excluding carboxylic acids is 1. The van der Waals surface area contributed by atoms with Crippen molar-refractivity contribution in [1.29, 1.82) is 0 Å².